The van der Waals surface area contributed by atoms with Crippen molar-refractivity contribution >= 4 is 0 Å². The number of piperidine rings is 2. The van der Waals surface area contributed by atoms with Crippen LogP contribution in [0.15, 0.2) is 12.2 Å². The van der Waals surface area contributed by atoms with E-state index in [-0.39, 0.29) is 0 Å². The fourth-order valence-electron chi connectivity index (χ4n) is 3.40. The number of rotatable bonds is 2. The van der Waals surface area contributed by atoms with Gasteiger partial charge in [0.1, 0.15) is 0 Å². The molecular weight excluding hydrogens is 194 g/mol. The monoisotopic (exact) mass is 217 g/mol. The lowest BCUT2D eigenvalue weighted by Crippen LogP contribution is -2.52. The zero-order valence-electron chi connectivity index (χ0n) is 10.4. The molecule has 0 aromatic carbocycles. The summed E-state index contributed by atoms with van der Waals surface area (Å²) in [5, 5.41) is 0. The van der Waals surface area contributed by atoms with E-state index in [0.29, 0.717) is 0 Å². The van der Waals surface area contributed by atoms with Crippen molar-refractivity contribution in [3.63, 3.8) is 0 Å². The number of fused-ring (bicyclic) bond motifs is 1. The molecule has 0 radical (unpaired) electrons. The largest absolute Gasteiger partial charge is 0.297 e. The summed E-state index contributed by atoms with van der Waals surface area (Å²) in [4.78, 5) is 2.76. The van der Waals surface area contributed by atoms with E-state index in [2.05, 4.69) is 23.8 Å². The van der Waals surface area contributed by atoms with Crippen LogP contribution in [0.1, 0.15) is 45.4 Å². The van der Waals surface area contributed by atoms with Crippen LogP contribution in [0.4, 0.5) is 0 Å². The van der Waals surface area contributed by atoms with Gasteiger partial charge in [-0.2, -0.15) is 0 Å². The molecule has 2 heterocycles. The van der Waals surface area contributed by atoms with E-state index in [9.17, 15) is 0 Å². The summed E-state index contributed by atoms with van der Waals surface area (Å²) in [5.41, 5.74) is 0. The molecule has 0 aliphatic carbocycles. The minimum atomic E-state index is 0.756. The molecule has 0 saturated carbocycles. The van der Waals surface area contributed by atoms with Gasteiger partial charge in [0.25, 0.3) is 0 Å². The van der Waals surface area contributed by atoms with Gasteiger partial charge in [-0.05, 0) is 50.6 Å². The van der Waals surface area contributed by atoms with Crippen molar-refractivity contribution in [2.45, 2.75) is 57.5 Å². The lowest BCUT2D eigenvalue weighted by Gasteiger charge is -2.48. The lowest BCUT2D eigenvalue weighted by molar-refractivity contribution is 0.0192. The van der Waals surface area contributed by atoms with Crippen molar-refractivity contribution in [1.29, 1.82) is 0 Å². The van der Waals surface area contributed by atoms with Crippen molar-refractivity contribution in [2.75, 3.05) is 6.54 Å². The summed E-state index contributed by atoms with van der Waals surface area (Å²) in [5.74, 6) is 3.49. The van der Waals surface area contributed by atoms with E-state index in [1.807, 2.05) is 6.08 Å². The topological polar surface area (TPSA) is 3.24 Å². The summed E-state index contributed by atoms with van der Waals surface area (Å²) < 4.78 is 0. The summed E-state index contributed by atoms with van der Waals surface area (Å²) in [6.45, 7) is 3.74. The Labute approximate surface area is 99.9 Å². The van der Waals surface area contributed by atoms with Crippen LogP contribution in [0.5, 0.6) is 0 Å². The first-order valence-corrected chi connectivity index (χ1v) is 6.70. The average molecular weight is 217 g/mol. The van der Waals surface area contributed by atoms with E-state index in [4.69, 9.17) is 6.42 Å². The van der Waals surface area contributed by atoms with Crippen LogP contribution in [0, 0.1) is 18.3 Å². The van der Waals surface area contributed by atoms with Crippen LogP contribution < -0.4 is 0 Å². The Morgan fingerprint density at radius 1 is 1.31 bits per heavy atom. The van der Waals surface area contributed by atoms with Crippen molar-refractivity contribution < 1.29 is 0 Å². The maximum Gasteiger partial charge on any atom is 0.0133 e. The van der Waals surface area contributed by atoms with Gasteiger partial charge in [0.2, 0.25) is 0 Å². The number of allylic oxidation sites excluding steroid dienone is 1. The van der Waals surface area contributed by atoms with E-state index in [0.717, 1.165) is 24.4 Å². The highest BCUT2D eigenvalue weighted by atomic mass is 15.2. The molecule has 2 saturated heterocycles. The van der Waals surface area contributed by atoms with Crippen LogP contribution in [0.2, 0.25) is 0 Å². The molecule has 0 aromatic rings. The second-order valence-corrected chi connectivity index (χ2v) is 5.31. The molecule has 0 amide bonds. The minimum absolute atomic E-state index is 0.756. The molecule has 16 heavy (non-hydrogen) atoms. The summed E-state index contributed by atoms with van der Waals surface area (Å²) >= 11 is 0. The average Bonchev–Trinajstić information content (AvgIpc) is 2.33. The highest BCUT2D eigenvalue weighted by Gasteiger charge is 2.35. The Balaban J connectivity index is 1.98. The van der Waals surface area contributed by atoms with Crippen molar-refractivity contribution in [3.05, 3.63) is 12.2 Å². The van der Waals surface area contributed by atoms with Gasteiger partial charge in [-0.15, -0.1) is 6.42 Å². The fraction of sp³-hybridized carbons (Fsp3) is 0.733. The van der Waals surface area contributed by atoms with Crippen molar-refractivity contribution in [3.8, 4) is 12.3 Å². The van der Waals surface area contributed by atoms with E-state index >= 15 is 0 Å². The molecule has 0 aromatic heterocycles. The molecule has 2 fully saturated rings. The quantitative estimate of drug-likeness (QED) is 0.642. The van der Waals surface area contributed by atoms with E-state index in [1.54, 1.807) is 0 Å². The third kappa shape index (κ3) is 2.50. The molecule has 88 valence electrons. The van der Waals surface area contributed by atoms with Gasteiger partial charge in [0.05, 0.1) is 0 Å². The van der Waals surface area contributed by atoms with Gasteiger partial charge in [0, 0.05) is 12.1 Å². The van der Waals surface area contributed by atoms with Gasteiger partial charge < -0.3 is 0 Å². The highest BCUT2D eigenvalue weighted by Crippen LogP contribution is 2.35. The molecule has 2 aliphatic rings. The molecule has 3 atom stereocenters. The Morgan fingerprint density at radius 3 is 3.00 bits per heavy atom. The number of hydrogen-bond donors (Lipinski definition) is 0. The number of terminal acetylenes is 1. The number of nitrogens with zero attached hydrogens (tertiary/aromatic N) is 1. The molecule has 0 N–H and O–H groups in total. The second kappa shape index (κ2) is 5.55. The summed E-state index contributed by atoms with van der Waals surface area (Å²) in [6, 6.07) is 1.61. The van der Waals surface area contributed by atoms with Crippen LogP contribution in [0.25, 0.3) is 0 Å². The second-order valence-electron chi connectivity index (χ2n) is 5.31. The van der Waals surface area contributed by atoms with Crippen molar-refractivity contribution in [2.24, 2.45) is 5.92 Å². The maximum atomic E-state index is 5.25. The Bertz CT molecular complexity index is 286. The normalized spacial score (nSPS) is 35.9. The van der Waals surface area contributed by atoms with Gasteiger partial charge in [-0.25, -0.2) is 0 Å². The van der Waals surface area contributed by atoms with E-state index < -0.39 is 0 Å². The van der Waals surface area contributed by atoms with Crippen LogP contribution >= 0.6 is 0 Å². The molecule has 1 nitrogen and oxygen atoms in total. The van der Waals surface area contributed by atoms with Gasteiger partial charge in [0.15, 0.2) is 0 Å². The zero-order chi connectivity index (χ0) is 11.4. The predicted octanol–water partition coefficient (Wildman–Crippen LogP) is 3.22. The first-order chi connectivity index (χ1) is 7.83. The number of hydrogen-bond acceptors (Lipinski definition) is 1. The maximum absolute atomic E-state index is 5.25. The predicted molar refractivity (Wildman–Crippen MR) is 69.1 cm³/mol. The van der Waals surface area contributed by atoms with Crippen LogP contribution in [0.3, 0.4) is 0 Å². The standard InChI is InChI=1S/C15H23N/c1-3-4-5-8-14-11-10-13(2)15-9-6-7-12-16(14)15/h1,4-5,13-15H,6-12H2,2H3/b5-4+. The molecule has 1 heteroatoms. The molecule has 2 aliphatic heterocycles. The third-order valence-corrected chi connectivity index (χ3v) is 4.30. The van der Waals surface area contributed by atoms with Crippen molar-refractivity contribution in [1.82, 2.24) is 4.90 Å². The zero-order valence-corrected chi connectivity index (χ0v) is 10.4. The van der Waals surface area contributed by atoms with E-state index in [1.165, 1.54) is 38.6 Å². The highest BCUT2D eigenvalue weighted by molar-refractivity contribution is 5.09. The summed E-state index contributed by atoms with van der Waals surface area (Å²) in [6.07, 6.45) is 17.4. The molecule has 0 bridgehead atoms. The van der Waals surface area contributed by atoms with Gasteiger partial charge in [-0.1, -0.05) is 25.3 Å². The Hall–Kier alpha value is -0.740. The lowest BCUT2D eigenvalue weighted by atomic mass is 9.81. The first kappa shape index (κ1) is 11.7. The molecular formula is C15H23N. The third-order valence-electron chi connectivity index (χ3n) is 4.30. The minimum Gasteiger partial charge on any atom is -0.297 e. The van der Waals surface area contributed by atoms with Gasteiger partial charge >= 0.3 is 0 Å². The molecule has 2 rings (SSSR count). The Kier molecular flexibility index (Phi) is 4.07. The SMILES string of the molecule is C#C/C=C/CC1CCC(C)C2CCCCN12. The Morgan fingerprint density at radius 2 is 2.19 bits per heavy atom. The smallest absolute Gasteiger partial charge is 0.0133 e. The molecule has 0 spiro atoms. The van der Waals surface area contributed by atoms with Crippen LogP contribution in [-0.2, 0) is 0 Å². The first-order valence-electron chi connectivity index (χ1n) is 6.70. The fourth-order valence-corrected chi connectivity index (χ4v) is 3.40. The summed E-state index contributed by atoms with van der Waals surface area (Å²) in [7, 11) is 0. The molecule has 3 unspecified atom stereocenters. The van der Waals surface area contributed by atoms with Crippen LogP contribution in [-0.4, -0.2) is 23.5 Å². The van der Waals surface area contributed by atoms with Gasteiger partial charge in [-0.3, -0.25) is 4.90 Å².